The van der Waals surface area contributed by atoms with Gasteiger partial charge in [0.1, 0.15) is 17.4 Å². The third kappa shape index (κ3) is 2.74. The molecule has 0 spiro atoms. The number of halogens is 2. The summed E-state index contributed by atoms with van der Waals surface area (Å²) in [5, 5.41) is 0. The number of aryl methyl sites for hydroxylation is 1. The molecule has 0 saturated carbocycles. The normalized spacial score (nSPS) is 12.3. The zero-order valence-corrected chi connectivity index (χ0v) is 10.8. The third-order valence-corrected chi connectivity index (χ3v) is 2.97. The van der Waals surface area contributed by atoms with Crippen molar-refractivity contribution in [3.63, 3.8) is 0 Å². The molecule has 2 aromatic rings. The van der Waals surface area contributed by atoms with Crippen molar-refractivity contribution in [2.45, 2.75) is 13.0 Å². The second-order valence-corrected chi connectivity index (χ2v) is 4.40. The van der Waals surface area contributed by atoms with E-state index in [1.807, 2.05) is 0 Å². The summed E-state index contributed by atoms with van der Waals surface area (Å²) in [7, 11) is 1.45. The van der Waals surface area contributed by atoms with Crippen molar-refractivity contribution in [2.75, 3.05) is 7.11 Å². The second kappa shape index (κ2) is 5.36. The minimum atomic E-state index is -0.773. The molecule has 0 amide bonds. The molecular formula is C15H15F2NO. The summed E-state index contributed by atoms with van der Waals surface area (Å²) < 4.78 is 32.4. The molecule has 2 rings (SSSR count). The highest BCUT2D eigenvalue weighted by atomic mass is 19.1. The fraction of sp³-hybridized carbons (Fsp3) is 0.200. The van der Waals surface area contributed by atoms with Crippen molar-refractivity contribution < 1.29 is 13.5 Å². The van der Waals surface area contributed by atoms with E-state index in [-0.39, 0.29) is 11.4 Å². The molecule has 1 unspecified atom stereocenters. The quantitative estimate of drug-likeness (QED) is 0.921. The van der Waals surface area contributed by atoms with Gasteiger partial charge in [-0.05, 0) is 42.3 Å². The number of hydrogen-bond donors (Lipinski definition) is 1. The molecule has 0 aliphatic heterocycles. The lowest BCUT2D eigenvalue weighted by molar-refractivity contribution is 0.402. The van der Waals surface area contributed by atoms with E-state index in [0.29, 0.717) is 11.3 Å². The molecule has 0 saturated heterocycles. The molecule has 19 heavy (non-hydrogen) atoms. The molecule has 0 heterocycles. The van der Waals surface area contributed by atoms with Crippen molar-refractivity contribution in [2.24, 2.45) is 5.73 Å². The van der Waals surface area contributed by atoms with Crippen LogP contribution in [0.1, 0.15) is 22.7 Å². The molecule has 100 valence electrons. The van der Waals surface area contributed by atoms with Gasteiger partial charge in [-0.3, -0.25) is 0 Å². The Bertz CT molecular complexity index is 578. The fourth-order valence-electron chi connectivity index (χ4n) is 2.11. The lowest BCUT2D eigenvalue weighted by Gasteiger charge is -2.17. The molecule has 2 aromatic carbocycles. The van der Waals surface area contributed by atoms with Crippen molar-refractivity contribution >= 4 is 0 Å². The standard InChI is InChI=1S/C15H15F2NO/c1-9-6-10(8-11(16)7-9)15(18)14-12(17)4-3-5-13(14)19-2/h3-8,15H,18H2,1-2H3. The van der Waals surface area contributed by atoms with E-state index in [9.17, 15) is 8.78 Å². The monoisotopic (exact) mass is 263 g/mol. The Morgan fingerprint density at radius 3 is 2.53 bits per heavy atom. The number of hydrogen-bond acceptors (Lipinski definition) is 2. The van der Waals surface area contributed by atoms with Gasteiger partial charge in [-0.2, -0.15) is 0 Å². The third-order valence-electron chi connectivity index (χ3n) is 2.97. The molecular weight excluding hydrogens is 248 g/mol. The van der Waals surface area contributed by atoms with E-state index in [4.69, 9.17) is 10.5 Å². The Morgan fingerprint density at radius 1 is 1.16 bits per heavy atom. The van der Waals surface area contributed by atoms with Crippen LogP contribution in [0, 0.1) is 18.6 Å². The first-order valence-electron chi connectivity index (χ1n) is 5.88. The smallest absolute Gasteiger partial charge is 0.132 e. The Kier molecular flexibility index (Phi) is 3.81. The van der Waals surface area contributed by atoms with E-state index in [1.165, 1.54) is 25.3 Å². The van der Waals surface area contributed by atoms with Crippen LogP contribution in [0.25, 0.3) is 0 Å². The van der Waals surface area contributed by atoms with Crippen molar-refractivity contribution in [1.29, 1.82) is 0 Å². The van der Waals surface area contributed by atoms with Gasteiger partial charge in [0.15, 0.2) is 0 Å². The highest BCUT2D eigenvalue weighted by Gasteiger charge is 2.19. The zero-order chi connectivity index (χ0) is 14.0. The molecule has 0 fully saturated rings. The van der Waals surface area contributed by atoms with Crippen molar-refractivity contribution in [3.05, 3.63) is 64.7 Å². The minimum Gasteiger partial charge on any atom is -0.496 e. The van der Waals surface area contributed by atoms with Gasteiger partial charge >= 0.3 is 0 Å². The van der Waals surface area contributed by atoms with Gasteiger partial charge in [0.25, 0.3) is 0 Å². The lowest BCUT2D eigenvalue weighted by atomic mass is 9.97. The highest BCUT2D eigenvalue weighted by molar-refractivity contribution is 5.43. The van der Waals surface area contributed by atoms with Crippen LogP contribution < -0.4 is 10.5 Å². The number of nitrogens with two attached hydrogens (primary N) is 1. The van der Waals surface area contributed by atoms with Crippen molar-refractivity contribution in [1.82, 2.24) is 0 Å². The van der Waals surface area contributed by atoms with Gasteiger partial charge < -0.3 is 10.5 Å². The summed E-state index contributed by atoms with van der Waals surface area (Å²) in [6.07, 6.45) is 0. The van der Waals surface area contributed by atoms with Gasteiger partial charge in [0.05, 0.1) is 18.7 Å². The van der Waals surface area contributed by atoms with Crippen LogP contribution in [0.3, 0.4) is 0 Å². The maximum atomic E-state index is 13.9. The maximum absolute atomic E-state index is 13.9. The first kappa shape index (κ1) is 13.5. The van der Waals surface area contributed by atoms with Crippen LogP contribution >= 0.6 is 0 Å². The second-order valence-electron chi connectivity index (χ2n) is 4.40. The number of ether oxygens (including phenoxy) is 1. The molecule has 2 N–H and O–H groups in total. The molecule has 1 atom stereocenters. The summed E-state index contributed by atoms with van der Waals surface area (Å²) in [6.45, 7) is 1.76. The van der Waals surface area contributed by atoms with E-state index >= 15 is 0 Å². The average molecular weight is 263 g/mol. The molecule has 2 nitrogen and oxygen atoms in total. The predicted octanol–water partition coefficient (Wildman–Crippen LogP) is 3.33. The highest BCUT2D eigenvalue weighted by Crippen LogP contribution is 2.31. The van der Waals surface area contributed by atoms with E-state index in [1.54, 1.807) is 25.1 Å². The minimum absolute atomic E-state index is 0.231. The summed E-state index contributed by atoms with van der Waals surface area (Å²) in [5.41, 5.74) is 7.53. The number of benzene rings is 2. The molecule has 0 bridgehead atoms. The van der Waals surface area contributed by atoms with E-state index < -0.39 is 11.9 Å². The van der Waals surface area contributed by atoms with E-state index in [0.717, 1.165) is 5.56 Å². The topological polar surface area (TPSA) is 35.2 Å². The largest absolute Gasteiger partial charge is 0.496 e. The molecule has 0 aliphatic carbocycles. The Morgan fingerprint density at radius 2 is 1.89 bits per heavy atom. The first-order chi connectivity index (χ1) is 9.02. The zero-order valence-electron chi connectivity index (χ0n) is 10.8. The van der Waals surface area contributed by atoms with Gasteiger partial charge in [-0.1, -0.05) is 12.1 Å². The SMILES string of the molecule is COc1cccc(F)c1C(N)c1cc(C)cc(F)c1. The summed E-state index contributed by atoms with van der Waals surface area (Å²) in [5.74, 6) is -0.496. The number of methoxy groups -OCH3 is 1. The Balaban J connectivity index is 2.52. The molecule has 0 aromatic heterocycles. The van der Waals surface area contributed by atoms with E-state index in [2.05, 4.69) is 0 Å². The van der Waals surface area contributed by atoms with Crippen LogP contribution in [0.4, 0.5) is 8.78 Å². The van der Waals surface area contributed by atoms with Crippen LogP contribution in [-0.2, 0) is 0 Å². The van der Waals surface area contributed by atoms with Crippen LogP contribution in [0.5, 0.6) is 5.75 Å². The first-order valence-corrected chi connectivity index (χ1v) is 5.88. The summed E-state index contributed by atoms with van der Waals surface area (Å²) >= 11 is 0. The number of rotatable bonds is 3. The van der Waals surface area contributed by atoms with Crippen LogP contribution in [0.15, 0.2) is 36.4 Å². The van der Waals surface area contributed by atoms with Gasteiger partial charge in [-0.25, -0.2) is 8.78 Å². The summed E-state index contributed by atoms with van der Waals surface area (Å²) in [4.78, 5) is 0. The van der Waals surface area contributed by atoms with Crippen molar-refractivity contribution in [3.8, 4) is 5.75 Å². The Hall–Kier alpha value is -1.94. The lowest BCUT2D eigenvalue weighted by Crippen LogP contribution is -2.15. The predicted molar refractivity (Wildman–Crippen MR) is 70.1 cm³/mol. The maximum Gasteiger partial charge on any atom is 0.132 e. The van der Waals surface area contributed by atoms with Gasteiger partial charge in [0.2, 0.25) is 0 Å². The van der Waals surface area contributed by atoms with Gasteiger partial charge in [0, 0.05) is 0 Å². The van der Waals surface area contributed by atoms with Crippen LogP contribution in [0.2, 0.25) is 0 Å². The molecule has 0 aliphatic rings. The molecule has 0 radical (unpaired) electrons. The fourth-order valence-corrected chi connectivity index (χ4v) is 2.11. The summed E-state index contributed by atoms with van der Waals surface area (Å²) in [6, 6.07) is 8.15. The molecule has 4 heteroatoms. The van der Waals surface area contributed by atoms with Gasteiger partial charge in [-0.15, -0.1) is 0 Å². The average Bonchev–Trinajstić information content (AvgIpc) is 2.36. The Labute approximate surface area is 110 Å². The van der Waals surface area contributed by atoms with Crippen LogP contribution in [-0.4, -0.2) is 7.11 Å².